The summed E-state index contributed by atoms with van der Waals surface area (Å²) in [5, 5.41) is 0. The van der Waals surface area contributed by atoms with Gasteiger partial charge in [0.1, 0.15) is 0 Å². The molecule has 0 N–H and O–H groups in total. The normalized spacial score (nSPS) is 28.9. The van der Waals surface area contributed by atoms with E-state index in [9.17, 15) is 0 Å². The lowest BCUT2D eigenvalue weighted by Crippen LogP contribution is -2.15. The molecule has 0 aromatic carbocycles. The summed E-state index contributed by atoms with van der Waals surface area (Å²) in [5.41, 5.74) is 2.45. The zero-order chi connectivity index (χ0) is 13.2. The van der Waals surface area contributed by atoms with E-state index in [1.54, 1.807) is 5.57 Å². The predicted molar refractivity (Wildman–Crippen MR) is 80.6 cm³/mol. The first-order valence-corrected chi connectivity index (χ1v) is 8.25. The van der Waals surface area contributed by atoms with Crippen molar-refractivity contribution in [2.75, 3.05) is 0 Å². The van der Waals surface area contributed by atoms with E-state index in [4.69, 9.17) is 0 Å². The maximum Gasteiger partial charge on any atom is -0.00173 e. The molecule has 104 valence electrons. The second-order valence-electron chi connectivity index (χ2n) is 7.49. The summed E-state index contributed by atoms with van der Waals surface area (Å²) < 4.78 is 0. The Morgan fingerprint density at radius 1 is 1.28 bits per heavy atom. The molecule has 0 bridgehead atoms. The summed E-state index contributed by atoms with van der Waals surface area (Å²) in [4.78, 5) is 0. The molecule has 1 saturated carbocycles. The zero-order valence-corrected chi connectivity index (χ0v) is 13.0. The van der Waals surface area contributed by atoms with E-state index < -0.39 is 0 Å². The Kier molecular flexibility index (Phi) is 4.56. The van der Waals surface area contributed by atoms with Crippen LogP contribution in [0.4, 0.5) is 0 Å². The van der Waals surface area contributed by atoms with Crippen LogP contribution in [-0.2, 0) is 0 Å². The van der Waals surface area contributed by atoms with Crippen molar-refractivity contribution >= 4 is 0 Å². The quantitative estimate of drug-likeness (QED) is 0.486. The summed E-state index contributed by atoms with van der Waals surface area (Å²) in [6.45, 7) is 9.70. The number of rotatable bonds is 7. The largest absolute Gasteiger partial charge is 0.0773 e. The predicted octanol–water partition coefficient (Wildman–Crippen LogP) is 5.98. The van der Waals surface area contributed by atoms with Crippen LogP contribution < -0.4 is 0 Å². The zero-order valence-electron chi connectivity index (χ0n) is 13.0. The fraction of sp³-hybridized carbons (Fsp3) is 0.889. The first-order valence-electron chi connectivity index (χ1n) is 8.25. The Morgan fingerprint density at radius 3 is 2.56 bits per heavy atom. The molecule has 0 aromatic rings. The van der Waals surface area contributed by atoms with E-state index in [1.165, 1.54) is 51.4 Å². The third-order valence-corrected chi connectivity index (χ3v) is 5.52. The highest BCUT2D eigenvalue weighted by molar-refractivity contribution is 5.30. The van der Waals surface area contributed by atoms with Gasteiger partial charge in [-0.3, -0.25) is 0 Å². The molecule has 0 spiro atoms. The van der Waals surface area contributed by atoms with E-state index in [0.717, 1.165) is 17.8 Å². The average molecular weight is 248 g/mol. The van der Waals surface area contributed by atoms with Gasteiger partial charge in [-0.2, -0.15) is 0 Å². The van der Waals surface area contributed by atoms with Gasteiger partial charge in [0.2, 0.25) is 0 Å². The smallest absolute Gasteiger partial charge is 0.00173 e. The number of hydrogen-bond acceptors (Lipinski definition) is 0. The van der Waals surface area contributed by atoms with Crippen LogP contribution in [0, 0.1) is 23.2 Å². The molecule has 0 radical (unpaired) electrons. The summed E-state index contributed by atoms with van der Waals surface area (Å²) in [6.07, 6.45) is 14.1. The molecule has 3 atom stereocenters. The van der Waals surface area contributed by atoms with Crippen molar-refractivity contribution < 1.29 is 0 Å². The van der Waals surface area contributed by atoms with Crippen LogP contribution in [0.1, 0.15) is 79.1 Å². The third kappa shape index (κ3) is 3.62. The molecular weight excluding hydrogens is 216 g/mol. The van der Waals surface area contributed by atoms with Gasteiger partial charge in [0.05, 0.1) is 0 Å². The summed E-state index contributed by atoms with van der Waals surface area (Å²) in [5.74, 6) is 2.66. The molecule has 2 rings (SSSR count). The molecule has 0 heteroatoms. The lowest BCUT2D eigenvalue weighted by atomic mass is 9.78. The van der Waals surface area contributed by atoms with Crippen LogP contribution in [0.2, 0.25) is 0 Å². The Hall–Kier alpha value is -0.260. The second kappa shape index (κ2) is 5.80. The third-order valence-electron chi connectivity index (χ3n) is 5.52. The average Bonchev–Trinajstić information content (AvgIpc) is 3.00. The minimum absolute atomic E-state index is 0.690. The van der Waals surface area contributed by atoms with Crippen LogP contribution in [0.25, 0.3) is 0 Å². The van der Waals surface area contributed by atoms with Gasteiger partial charge in [0.15, 0.2) is 0 Å². The van der Waals surface area contributed by atoms with Gasteiger partial charge in [-0.25, -0.2) is 0 Å². The summed E-state index contributed by atoms with van der Waals surface area (Å²) in [7, 11) is 0. The minimum atomic E-state index is 0.690. The van der Waals surface area contributed by atoms with Gasteiger partial charge >= 0.3 is 0 Å². The fourth-order valence-electron chi connectivity index (χ4n) is 4.04. The molecule has 18 heavy (non-hydrogen) atoms. The Bertz CT molecular complexity index is 293. The molecule has 0 amide bonds. The van der Waals surface area contributed by atoms with E-state index >= 15 is 0 Å². The van der Waals surface area contributed by atoms with Crippen molar-refractivity contribution in [2.45, 2.75) is 79.1 Å². The van der Waals surface area contributed by atoms with Crippen molar-refractivity contribution in [1.82, 2.24) is 0 Å². The lowest BCUT2D eigenvalue weighted by molar-refractivity contribution is 0.245. The number of hydrogen-bond donors (Lipinski definition) is 0. The second-order valence-corrected chi connectivity index (χ2v) is 7.49. The van der Waals surface area contributed by atoms with Gasteiger partial charge in [-0.15, -0.1) is 0 Å². The first-order chi connectivity index (χ1) is 8.54. The molecule has 0 saturated heterocycles. The molecule has 0 aliphatic heterocycles. The van der Waals surface area contributed by atoms with Gasteiger partial charge in [-0.1, -0.05) is 52.2 Å². The molecule has 1 fully saturated rings. The molecule has 0 heterocycles. The van der Waals surface area contributed by atoms with Gasteiger partial charge < -0.3 is 0 Å². The van der Waals surface area contributed by atoms with E-state index in [1.807, 2.05) is 0 Å². The topological polar surface area (TPSA) is 0 Å². The monoisotopic (exact) mass is 248 g/mol. The van der Waals surface area contributed by atoms with Crippen LogP contribution in [0.5, 0.6) is 0 Å². The molecule has 3 unspecified atom stereocenters. The molecular formula is C18H32. The van der Waals surface area contributed by atoms with Gasteiger partial charge in [0.25, 0.3) is 0 Å². The molecule has 0 nitrogen and oxygen atoms in total. The molecule has 2 aliphatic rings. The van der Waals surface area contributed by atoms with Crippen LogP contribution in [0.3, 0.4) is 0 Å². The van der Waals surface area contributed by atoms with Crippen molar-refractivity contribution in [3.63, 3.8) is 0 Å². The Labute approximate surface area is 114 Å². The number of allylic oxidation sites excluding steroid dienone is 2. The summed E-state index contributed by atoms with van der Waals surface area (Å²) >= 11 is 0. The summed E-state index contributed by atoms with van der Waals surface area (Å²) in [6, 6.07) is 0. The van der Waals surface area contributed by atoms with Crippen molar-refractivity contribution in [3.05, 3.63) is 11.6 Å². The van der Waals surface area contributed by atoms with E-state index in [2.05, 4.69) is 33.8 Å². The van der Waals surface area contributed by atoms with Crippen LogP contribution >= 0.6 is 0 Å². The van der Waals surface area contributed by atoms with Crippen molar-refractivity contribution in [2.24, 2.45) is 23.2 Å². The first kappa shape index (κ1) is 14.2. The van der Waals surface area contributed by atoms with E-state index in [0.29, 0.717) is 5.41 Å². The SMILES string of the molecule is CCC(C)C1=CC1CCC(C)CC1(C)CCCC1. The maximum atomic E-state index is 2.53. The van der Waals surface area contributed by atoms with Crippen molar-refractivity contribution in [3.8, 4) is 0 Å². The van der Waals surface area contributed by atoms with Crippen molar-refractivity contribution in [1.29, 1.82) is 0 Å². The Morgan fingerprint density at radius 2 is 1.94 bits per heavy atom. The van der Waals surface area contributed by atoms with Crippen LogP contribution in [0.15, 0.2) is 11.6 Å². The highest BCUT2D eigenvalue weighted by Crippen LogP contribution is 2.45. The van der Waals surface area contributed by atoms with E-state index in [-0.39, 0.29) is 0 Å². The van der Waals surface area contributed by atoms with Gasteiger partial charge in [0, 0.05) is 0 Å². The Balaban J connectivity index is 1.63. The van der Waals surface area contributed by atoms with Gasteiger partial charge in [-0.05, 0) is 61.7 Å². The standard InChI is InChI=1S/C18H32/c1-5-15(3)17-12-16(17)9-8-14(2)13-18(4)10-6-7-11-18/h12,14-16H,5-11,13H2,1-4H3. The maximum absolute atomic E-state index is 2.53. The minimum Gasteiger partial charge on any atom is -0.0773 e. The fourth-order valence-corrected chi connectivity index (χ4v) is 4.04. The van der Waals surface area contributed by atoms with Crippen LogP contribution in [-0.4, -0.2) is 0 Å². The molecule has 0 aromatic heterocycles. The molecule has 2 aliphatic carbocycles. The highest BCUT2D eigenvalue weighted by Gasteiger charge is 2.32. The lowest BCUT2D eigenvalue weighted by Gasteiger charge is -2.27. The highest BCUT2D eigenvalue weighted by atomic mass is 14.4.